The van der Waals surface area contributed by atoms with Gasteiger partial charge in [-0.1, -0.05) is 28.4 Å². The van der Waals surface area contributed by atoms with Crippen molar-refractivity contribution >= 4 is 44.5 Å². The van der Waals surface area contributed by atoms with E-state index in [0.717, 1.165) is 70.9 Å². The molecular weight excluding hydrogens is 456 g/mol. The van der Waals surface area contributed by atoms with Crippen molar-refractivity contribution < 1.29 is 4.79 Å². The molecule has 0 radical (unpaired) electrons. The van der Waals surface area contributed by atoms with Gasteiger partial charge in [0.2, 0.25) is 5.91 Å². The minimum Gasteiger partial charge on any atom is -0.354 e. The number of carbonyl (C=O) groups excluding carboxylic acids is 1. The van der Waals surface area contributed by atoms with Gasteiger partial charge in [0.25, 0.3) is 0 Å². The van der Waals surface area contributed by atoms with Crippen molar-refractivity contribution in [2.45, 2.75) is 52.0 Å². The number of anilines is 2. The molecule has 1 N–H and O–H groups in total. The average Bonchev–Trinajstić information content (AvgIpc) is 2.97. The molecule has 0 aliphatic carbocycles. The Morgan fingerprint density at radius 1 is 1.16 bits per heavy atom. The Bertz CT molecular complexity index is 1130. The van der Waals surface area contributed by atoms with Crippen LogP contribution in [0.3, 0.4) is 0 Å². The fourth-order valence-electron chi connectivity index (χ4n) is 4.66. The minimum absolute atomic E-state index is 0.0615. The summed E-state index contributed by atoms with van der Waals surface area (Å²) in [6, 6.07) is 5.91. The Morgan fingerprint density at radius 3 is 2.94 bits per heavy atom. The summed E-state index contributed by atoms with van der Waals surface area (Å²) < 4.78 is 3.26. The lowest BCUT2D eigenvalue weighted by molar-refractivity contribution is -0.120. The quantitative estimate of drug-likeness (QED) is 0.595. The Kier molecular flexibility index (Phi) is 5.65. The van der Waals surface area contributed by atoms with Crippen LogP contribution in [0.25, 0.3) is 11.2 Å². The molecule has 1 amide bonds. The van der Waals surface area contributed by atoms with Gasteiger partial charge in [0.05, 0.1) is 5.92 Å². The maximum absolute atomic E-state index is 13.0. The number of benzene rings is 1. The number of nitrogens with zero attached hydrogens (tertiary/aromatic N) is 5. The van der Waals surface area contributed by atoms with Crippen molar-refractivity contribution in [3.8, 4) is 0 Å². The highest BCUT2D eigenvalue weighted by Crippen LogP contribution is 2.30. The van der Waals surface area contributed by atoms with Crippen molar-refractivity contribution in [1.29, 1.82) is 0 Å². The summed E-state index contributed by atoms with van der Waals surface area (Å²) in [6.45, 7) is 4.54. The van der Waals surface area contributed by atoms with Gasteiger partial charge in [-0.05, 0) is 50.3 Å². The second kappa shape index (κ2) is 8.57. The van der Waals surface area contributed by atoms with Crippen molar-refractivity contribution in [1.82, 2.24) is 19.5 Å². The number of aryl methyl sites for hydroxylation is 3. The zero-order chi connectivity index (χ0) is 21.4. The number of hydrogen-bond acceptors (Lipinski definition) is 5. The molecule has 0 spiro atoms. The molecule has 0 saturated carbocycles. The third kappa shape index (κ3) is 4.05. The molecule has 8 heteroatoms. The van der Waals surface area contributed by atoms with Gasteiger partial charge in [-0.15, -0.1) is 0 Å². The van der Waals surface area contributed by atoms with Gasteiger partial charge in [-0.2, -0.15) is 0 Å². The molecule has 2 aromatic heterocycles. The number of fused-ring (bicyclic) bond motifs is 3. The average molecular weight is 483 g/mol. The van der Waals surface area contributed by atoms with Crippen LogP contribution in [0.2, 0.25) is 0 Å². The molecule has 1 fully saturated rings. The van der Waals surface area contributed by atoms with Gasteiger partial charge in [0.15, 0.2) is 17.0 Å². The molecule has 1 unspecified atom stereocenters. The molecule has 1 saturated heterocycles. The van der Waals surface area contributed by atoms with Crippen molar-refractivity contribution in [2.24, 2.45) is 5.92 Å². The Morgan fingerprint density at radius 2 is 2.06 bits per heavy atom. The first kappa shape index (κ1) is 20.4. The maximum Gasteiger partial charge on any atom is 0.229 e. The number of nitrogens with one attached hydrogen (secondary N) is 1. The molecule has 7 nitrogen and oxygen atoms in total. The highest BCUT2D eigenvalue weighted by atomic mass is 79.9. The van der Waals surface area contributed by atoms with Gasteiger partial charge in [0.1, 0.15) is 12.2 Å². The molecule has 162 valence electrons. The first-order valence-corrected chi connectivity index (χ1v) is 11.9. The maximum atomic E-state index is 13.0. The number of halogens is 1. The van der Waals surface area contributed by atoms with Crippen LogP contribution in [-0.4, -0.2) is 38.5 Å². The molecule has 2 aliphatic rings. The number of rotatable bonds is 3. The molecule has 1 aromatic carbocycles. The Labute approximate surface area is 190 Å². The predicted octanol–water partition coefficient (Wildman–Crippen LogP) is 4.48. The van der Waals surface area contributed by atoms with E-state index in [0.29, 0.717) is 6.54 Å². The number of carbonyl (C=O) groups is 1. The van der Waals surface area contributed by atoms with Crippen LogP contribution in [0.5, 0.6) is 0 Å². The van der Waals surface area contributed by atoms with E-state index in [1.807, 2.05) is 25.1 Å². The van der Waals surface area contributed by atoms with Gasteiger partial charge in [0, 0.05) is 36.2 Å². The van der Waals surface area contributed by atoms with Crippen LogP contribution < -0.4 is 10.2 Å². The SMILES string of the molecule is Cc1ccc(NC(=O)C2CCCN(c3ncnc4c3nc3n4CCCCC3)C2)cc1Br. The van der Waals surface area contributed by atoms with E-state index in [1.165, 1.54) is 19.3 Å². The fourth-order valence-corrected chi connectivity index (χ4v) is 5.03. The summed E-state index contributed by atoms with van der Waals surface area (Å²) in [4.78, 5) is 29.3. The van der Waals surface area contributed by atoms with E-state index in [4.69, 9.17) is 4.98 Å². The lowest BCUT2D eigenvalue weighted by atomic mass is 9.97. The summed E-state index contributed by atoms with van der Waals surface area (Å²) in [7, 11) is 0. The lowest BCUT2D eigenvalue weighted by Gasteiger charge is -2.32. The topological polar surface area (TPSA) is 75.9 Å². The third-order valence-corrected chi connectivity index (χ3v) is 7.26. The van der Waals surface area contributed by atoms with E-state index in [2.05, 4.69) is 40.7 Å². The molecule has 5 rings (SSSR count). The molecule has 4 heterocycles. The number of piperidine rings is 1. The number of imidazole rings is 1. The second-order valence-corrected chi connectivity index (χ2v) is 9.45. The highest BCUT2D eigenvalue weighted by molar-refractivity contribution is 9.10. The van der Waals surface area contributed by atoms with E-state index in [9.17, 15) is 4.79 Å². The standard InChI is InChI=1S/C23H27BrN6O/c1-15-8-9-17(12-18(15)24)27-23(31)16-6-5-10-29(13-16)21-20-22(26-14-25-21)30-11-4-2-3-7-19(30)28-20/h8-9,12,14,16H,2-7,10-11,13H2,1H3,(H,27,31). The van der Waals surface area contributed by atoms with Gasteiger partial charge < -0.3 is 14.8 Å². The third-order valence-electron chi connectivity index (χ3n) is 6.40. The van der Waals surface area contributed by atoms with Crippen LogP contribution in [0.4, 0.5) is 11.5 Å². The molecule has 3 aromatic rings. The first-order valence-electron chi connectivity index (χ1n) is 11.1. The normalized spacial score (nSPS) is 19.2. The summed E-state index contributed by atoms with van der Waals surface area (Å²) in [6.07, 6.45) is 8.05. The van der Waals surface area contributed by atoms with Crippen molar-refractivity contribution in [2.75, 3.05) is 23.3 Å². The van der Waals surface area contributed by atoms with Crippen molar-refractivity contribution in [3.05, 3.63) is 40.4 Å². The summed E-state index contributed by atoms with van der Waals surface area (Å²) in [5.74, 6) is 1.96. The van der Waals surface area contributed by atoms with E-state index in [-0.39, 0.29) is 11.8 Å². The zero-order valence-corrected chi connectivity index (χ0v) is 19.4. The first-order chi connectivity index (χ1) is 15.1. The van der Waals surface area contributed by atoms with Gasteiger partial charge >= 0.3 is 0 Å². The molecule has 2 aliphatic heterocycles. The lowest BCUT2D eigenvalue weighted by Crippen LogP contribution is -2.41. The second-order valence-electron chi connectivity index (χ2n) is 8.60. The molecule has 0 bridgehead atoms. The van der Waals surface area contributed by atoms with E-state index < -0.39 is 0 Å². The van der Waals surface area contributed by atoms with Crippen LogP contribution in [0, 0.1) is 12.8 Å². The minimum atomic E-state index is -0.0840. The molecule has 1 atom stereocenters. The van der Waals surface area contributed by atoms with E-state index >= 15 is 0 Å². The van der Waals surface area contributed by atoms with Crippen LogP contribution in [0.1, 0.15) is 43.5 Å². The van der Waals surface area contributed by atoms with Crippen LogP contribution >= 0.6 is 15.9 Å². The van der Waals surface area contributed by atoms with E-state index in [1.54, 1.807) is 6.33 Å². The fraction of sp³-hybridized carbons (Fsp3) is 0.478. The number of hydrogen-bond donors (Lipinski definition) is 1. The summed E-state index contributed by atoms with van der Waals surface area (Å²) in [5.41, 5.74) is 3.77. The zero-order valence-electron chi connectivity index (χ0n) is 17.8. The Balaban J connectivity index is 1.37. The van der Waals surface area contributed by atoms with Crippen LogP contribution in [-0.2, 0) is 17.8 Å². The Hall–Kier alpha value is -2.48. The monoisotopic (exact) mass is 482 g/mol. The highest BCUT2D eigenvalue weighted by Gasteiger charge is 2.29. The van der Waals surface area contributed by atoms with Crippen LogP contribution in [0.15, 0.2) is 29.0 Å². The predicted molar refractivity (Wildman–Crippen MR) is 125 cm³/mol. The number of aromatic nitrogens is 4. The van der Waals surface area contributed by atoms with Gasteiger partial charge in [-0.3, -0.25) is 4.79 Å². The summed E-state index contributed by atoms with van der Waals surface area (Å²) >= 11 is 3.54. The molecule has 31 heavy (non-hydrogen) atoms. The molecular formula is C23H27BrN6O. The largest absolute Gasteiger partial charge is 0.354 e. The smallest absolute Gasteiger partial charge is 0.229 e. The summed E-state index contributed by atoms with van der Waals surface area (Å²) in [5, 5.41) is 3.09. The number of amides is 1. The van der Waals surface area contributed by atoms with Gasteiger partial charge in [-0.25, -0.2) is 15.0 Å². The van der Waals surface area contributed by atoms with Crippen molar-refractivity contribution in [3.63, 3.8) is 0 Å².